The summed E-state index contributed by atoms with van der Waals surface area (Å²) in [4.78, 5) is 35.9. The minimum absolute atomic E-state index is 0.0682. The molecule has 2 amide bonds. The van der Waals surface area contributed by atoms with Crippen LogP contribution in [0.2, 0.25) is 5.02 Å². The van der Waals surface area contributed by atoms with Gasteiger partial charge in [-0.1, -0.05) is 11.6 Å². The first kappa shape index (κ1) is 20.8. The molecule has 0 saturated carbocycles. The molecule has 1 aromatic heterocycles. The average molecular weight is 406 g/mol. The number of primary amides is 1. The fourth-order valence-corrected chi connectivity index (χ4v) is 2.55. The van der Waals surface area contributed by atoms with E-state index in [9.17, 15) is 14.4 Å². The van der Waals surface area contributed by atoms with Gasteiger partial charge in [0.15, 0.2) is 6.61 Å². The van der Waals surface area contributed by atoms with Crippen LogP contribution < -0.4 is 15.8 Å². The molecule has 0 atom stereocenters. The number of ether oxygens (including phenoxy) is 2. The Kier molecular flexibility index (Phi) is 6.63. The normalized spacial score (nSPS) is 10.1. The van der Waals surface area contributed by atoms with Gasteiger partial charge >= 0.3 is 5.97 Å². The van der Waals surface area contributed by atoms with Crippen LogP contribution in [0.3, 0.4) is 0 Å². The molecule has 0 saturated heterocycles. The lowest BCUT2D eigenvalue weighted by Gasteiger charge is -2.08. The molecule has 1 aromatic carbocycles. The summed E-state index contributed by atoms with van der Waals surface area (Å²) in [6.07, 6.45) is 0. The monoisotopic (exact) mass is 405 g/mol. The highest BCUT2D eigenvalue weighted by Gasteiger charge is 2.29. The number of nitrogens with one attached hydrogen (secondary N) is 1. The van der Waals surface area contributed by atoms with Crippen LogP contribution in [0.15, 0.2) is 22.6 Å². The molecular weight excluding hydrogens is 390 g/mol. The van der Waals surface area contributed by atoms with Gasteiger partial charge in [0, 0.05) is 0 Å². The predicted octanol–water partition coefficient (Wildman–Crippen LogP) is 2.41. The predicted molar refractivity (Wildman–Crippen MR) is 98.2 cm³/mol. The van der Waals surface area contributed by atoms with Gasteiger partial charge in [0.2, 0.25) is 5.88 Å². The minimum atomic E-state index is -0.966. The van der Waals surface area contributed by atoms with Crippen molar-refractivity contribution in [3.8, 4) is 11.8 Å². The number of nitrogens with two attached hydrogens (primary N) is 1. The Bertz CT molecular complexity index is 976. The first-order valence-corrected chi connectivity index (χ1v) is 8.38. The van der Waals surface area contributed by atoms with E-state index in [1.165, 1.54) is 25.1 Å². The molecule has 2 rings (SSSR count). The van der Waals surface area contributed by atoms with Crippen molar-refractivity contribution in [2.24, 2.45) is 5.73 Å². The van der Waals surface area contributed by atoms with Gasteiger partial charge in [-0.05, 0) is 32.0 Å². The van der Waals surface area contributed by atoms with Crippen molar-refractivity contribution in [1.29, 1.82) is 5.26 Å². The summed E-state index contributed by atoms with van der Waals surface area (Å²) in [6, 6.07) is 6.23. The lowest BCUT2D eigenvalue weighted by atomic mass is 10.1. The number of anilines is 1. The first-order chi connectivity index (χ1) is 13.3. The van der Waals surface area contributed by atoms with Gasteiger partial charge in [0.1, 0.15) is 22.6 Å². The number of hydrogen-bond donors (Lipinski definition) is 2. The molecule has 10 heteroatoms. The maximum Gasteiger partial charge on any atom is 0.342 e. The first-order valence-electron chi connectivity index (χ1n) is 8.01. The molecule has 9 nitrogen and oxygen atoms in total. The number of esters is 1. The van der Waals surface area contributed by atoms with Gasteiger partial charge in [-0.3, -0.25) is 14.9 Å². The molecule has 0 unspecified atom stereocenters. The van der Waals surface area contributed by atoms with Crippen molar-refractivity contribution >= 4 is 35.3 Å². The Morgan fingerprint density at radius 2 is 2.04 bits per heavy atom. The molecule has 3 N–H and O–H groups in total. The maximum atomic E-state index is 12.2. The van der Waals surface area contributed by atoms with Crippen molar-refractivity contribution in [2.75, 3.05) is 18.5 Å². The van der Waals surface area contributed by atoms with Gasteiger partial charge < -0.3 is 19.6 Å². The summed E-state index contributed by atoms with van der Waals surface area (Å²) in [7, 11) is 0. The highest BCUT2D eigenvalue weighted by molar-refractivity contribution is 6.32. The summed E-state index contributed by atoms with van der Waals surface area (Å²) in [5, 5.41) is 11.3. The van der Waals surface area contributed by atoms with E-state index in [0.717, 1.165) is 0 Å². The molecule has 0 aliphatic rings. The van der Waals surface area contributed by atoms with Crippen LogP contribution in [0.5, 0.6) is 5.75 Å². The second-order valence-electron chi connectivity index (χ2n) is 5.42. The molecule has 0 aliphatic carbocycles. The van der Waals surface area contributed by atoms with Crippen molar-refractivity contribution in [3.05, 3.63) is 45.7 Å². The van der Waals surface area contributed by atoms with Gasteiger partial charge in [-0.25, -0.2) is 4.79 Å². The molecule has 0 spiro atoms. The van der Waals surface area contributed by atoms with E-state index >= 15 is 0 Å². The zero-order valence-electron chi connectivity index (χ0n) is 15.0. The number of benzene rings is 1. The number of aryl methyl sites for hydroxylation is 1. The molecule has 0 aliphatic heterocycles. The lowest BCUT2D eigenvalue weighted by Crippen LogP contribution is -2.23. The number of rotatable bonds is 7. The topological polar surface area (TPSA) is 145 Å². The Labute approximate surface area is 164 Å². The van der Waals surface area contributed by atoms with Crippen LogP contribution in [0.1, 0.15) is 39.0 Å². The quantitative estimate of drug-likeness (QED) is 0.672. The zero-order chi connectivity index (χ0) is 20.8. The molecule has 1 heterocycles. The van der Waals surface area contributed by atoms with Crippen LogP contribution in [0.25, 0.3) is 0 Å². The zero-order valence-corrected chi connectivity index (χ0v) is 15.8. The number of hydrogen-bond acceptors (Lipinski definition) is 7. The van der Waals surface area contributed by atoms with E-state index in [4.69, 9.17) is 36.5 Å². The maximum absolute atomic E-state index is 12.2. The standard InChI is InChI=1S/C18H16ClN3O6/c1-3-26-18(25)14-9(2)28-17(15(14)16(21)24)22-13(23)8-27-12-5-4-10(7-20)6-11(12)19/h4-6H,3,8H2,1-2H3,(H2,21,24)(H,22,23). The number of nitrogens with zero attached hydrogens (tertiary/aromatic N) is 1. The van der Waals surface area contributed by atoms with Crippen LogP contribution >= 0.6 is 11.6 Å². The highest BCUT2D eigenvalue weighted by atomic mass is 35.5. The van der Waals surface area contributed by atoms with Crippen molar-refractivity contribution < 1.29 is 28.3 Å². The van der Waals surface area contributed by atoms with Gasteiger partial charge in [-0.15, -0.1) is 0 Å². The van der Waals surface area contributed by atoms with Crippen molar-refractivity contribution in [2.45, 2.75) is 13.8 Å². The molecule has 0 fully saturated rings. The smallest absolute Gasteiger partial charge is 0.342 e. The lowest BCUT2D eigenvalue weighted by molar-refractivity contribution is -0.118. The van der Waals surface area contributed by atoms with E-state index in [2.05, 4.69) is 5.32 Å². The highest BCUT2D eigenvalue weighted by Crippen LogP contribution is 2.28. The van der Waals surface area contributed by atoms with Crippen molar-refractivity contribution in [1.82, 2.24) is 0 Å². The molecule has 2 aromatic rings. The summed E-state index contributed by atoms with van der Waals surface area (Å²) in [6.45, 7) is 2.65. The number of halogens is 1. The minimum Gasteiger partial charge on any atom is -0.482 e. The fraction of sp³-hybridized carbons (Fsp3) is 0.222. The van der Waals surface area contributed by atoms with E-state index in [0.29, 0.717) is 5.56 Å². The SMILES string of the molecule is CCOC(=O)c1c(C)oc(NC(=O)COc2ccc(C#N)cc2Cl)c1C(N)=O. The molecule has 28 heavy (non-hydrogen) atoms. The Balaban J connectivity index is 2.16. The Morgan fingerprint density at radius 1 is 1.32 bits per heavy atom. The number of carbonyl (C=O) groups excluding carboxylic acids is 3. The average Bonchev–Trinajstić information content (AvgIpc) is 2.96. The summed E-state index contributed by atoms with van der Waals surface area (Å²) in [5.41, 5.74) is 5.21. The van der Waals surface area contributed by atoms with Crippen LogP contribution in [-0.4, -0.2) is 31.0 Å². The van der Waals surface area contributed by atoms with Crippen LogP contribution in [-0.2, 0) is 9.53 Å². The van der Waals surface area contributed by atoms with Crippen LogP contribution in [0, 0.1) is 18.3 Å². The van der Waals surface area contributed by atoms with Gasteiger partial charge in [0.25, 0.3) is 11.8 Å². The van der Waals surface area contributed by atoms with Crippen LogP contribution in [0.4, 0.5) is 5.88 Å². The molecule has 0 radical (unpaired) electrons. The van der Waals surface area contributed by atoms with Gasteiger partial charge in [-0.2, -0.15) is 5.26 Å². The second kappa shape index (κ2) is 8.92. The number of nitriles is 1. The summed E-state index contributed by atoms with van der Waals surface area (Å²) in [5.74, 6) is -2.48. The third kappa shape index (κ3) is 4.61. The third-order valence-electron chi connectivity index (χ3n) is 3.48. The number of amides is 2. The van der Waals surface area contributed by atoms with E-state index in [-0.39, 0.29) is 40.2 Å². The largest absolute Gasteiger partial charge is 0.482 e. The molecular formula is C18H16ClN3O6. The molecule has 0 bridgehead atoms. The van der Waals surface area contributed by atoms with E-state index in [1.54, 1.807) is 6.92 Å². The summed E-state index contributed by atoms with van der Waals surface area (Å²) < 4.78 is 15.5. The molecule has 146 valence electrons. The Hall–Kier alpha value is -3.51. The number of furan rings is 1. The van der Waals surface area contributed by atoms with E-state index < -0.39 is 24.4 Å². The number of carbonyl (C=O) groups is 3. The van der Waals surface area contributed by atoms with Gasteiger partial charge in [0.05, 0.1) is 23.3 Å². The summed E-state index contributed by atoms with van der Waals surface area (Å²) >= 11 is 5.97. The van der Waals surface area contributed by atoms with Crippen molar-refractivity contribution in [3.63, 3.8) is 0 Å². The fourth-order valence-electron chi connectivity index (χ4n) is 2.31. The Morgan fingerprint density at radius 3 is 2.61 bits per heavy atom. The van der Waals surface area contributed by atoms with E-state index in [1.807, 2.05) is 6.07 Å². The second-order valence-corrected chi connectivity index (χ2v) is 5.82. The third-order valence-corrected chi connectivity index (χ3v) is 3.78.